The fourth-order valence-electron chi connectivity index (χ4n) is 1.95. The number of rotatable bonds is 5. The molecule has 2 rings (SSSR count). The van der Waals surface area contributed by atoms with Crippen molar-refractivity contribution in [3.63, 3.8) is 0 Å². The minimum Gasteiger partial charge on any atom is -0.457 e. The van der Waals surface area contributed by atoms with E-state index in [2.05, 4.69) is 9.97 Å². The van der Waals surface area contributed by atoms with Crippen molar-refractivity contribution in [3.8, 4) is 0 Å². The number of ether oxygens (including phenoxy) is 1. The Bertz CT molecular complexity index is 632. The Labute approximate surface area is 128 Å². The number of carbonyl (C=O) groups excluding carboxylic acids is 2. The number of carbonyl (C=O) groups is 2. The van der Waals surface area contributed by atoms with Gasteiger partial charge < -0.3 is 9.64 Å². The highest BCUT2D eigenvalue weighted by molar-refractivity contribution is 5.93. The quantitative estimate of drug-likeness (QED) is 0.787. The van der Waals surface area contributed by atoms with Gasteiger partial charge in [0, 0.05) is 31.8 Å². The molecule has 2 aromatic rings. The maximum atomic E-state index is 12.2. The van der Waals surface area contributed by atoms with E-state index in [4.69, 9.17) is 4.74 Å². The number of pyridine rings is 2. The summed E-state index contributed by atoms with van der Waals surface area (Å²) in [6, 6.07) is 6.69. The number of hydrogen-bond donors (Lipinski definition) is 0. The van der Waals surface area contributed by atoms with E-state index in [0.717, 1.165) is 0 Å². The lowest BCUT2D eigenvalue weighted by atomic mass is 10.2. The molecule has 22 heavy (non-hydrogen) atoms. The molecule has 0 bridgehead atoms. The first-order valence-electron chi connectivity index (χ1n) is 6.84. The van der Waals surface area contributed by atoms with Crippen molar-refractivity contribution in [3.05, 3.63) is 60.2 Å². The summed E-state index contributed by atoms with van der Waals surface area (Å²) in [4.78, 5) is 33.4. The second-order valence-corrected chi connectivity index (χ2v) is 4.89. The molecule has 114 valence electrons. The minimum atomic E-state index is -0.456. The molecule has 0 aromatic carbocycles. The van der Waals surface area contributed by atoms with E-state index in [-0.39, 0.29) is 5.91 Å². The predicted molar refractivity (Wildman–Crippen MR) is 80.3 cm³/mol. The van der Waals surface area contributed by atoms with Gasteiger partial charge in [-0.05, 0) is 31.2 Å². The summed E-state index contributed by atoms with van der Waals surface area (Å²) in [6.45, 7) is 2.03. The molecule has 1 unspecified atom stereocenters. The molecule has 0 N–H and O–H groups in total. The van der Waals surface area contributed by atoms with E-state index in [0.29, 0.717) is 17.7 Å². The third-order valence-corrected chi connectivity index (χ3v) is 2.99. The van der Waals surface area contributed by atoms with Gasteiger partial charge in [0.2, 0.25) is 0 Å². The number of amides is 1. The van der Waals surface area contributed by atoms with Crippen molar-refractivity contribution < 1.29 is 14.3 Å². The number of likely N-dealkylation sites (N-methyl/N-ethyl adjacent to an activating group) is 1. The number of hydrogen-bond acceptors (Lipinski definition) is 5. The molecule has 6 heteroatoms. The van der Waals surface area contributed by atoms with Gasteiger partial charge in [-0.3, -0.25) is 14.8 Å². The van der Waals surface area contributed by atoms with Crippen LogP contribution in [0.2, 0.25) is 0 Å². The third-order valence-electron chi connectivity index (χ3n) is 2.99. The second-order valence-electron chi connectivity index (χ2n) is 4.89. The van der Waals surface area contributed by atoms with Crippen LogP contribution < -0.4 is 0 Å². The fourth-order valence-corrected chi connectivity index (χ4v) is 1.95. The molecular weight excluding hydrogens is 282 g/mol. The lowest BCUT2D eigenvalue weighted by molar-refractivity contribution is 0.0260. The lowest BCUT2D eigenvalue weighted by Gasteiger charge is -2.21. The first-order chi connectivity index (χ1) is 10.6. The molecule has 1 atom stereocenters. The summed E-state index contributed by atoms with van der Waals surface area (Å²) >= 11 is 0. The highest BCUT2D eigenvalue weighted by Crippen LogP contribution is 2.06. The Morgan fingerprint density at radius 2 is 1.73 bits per heavy atom. The van der Waals surface area contributed by atoms with Crippen LogP contribution in [0.1, 0.15) is 27.6 Å². The van der Waals surface area contributed by atoms with Gasteiger partial charge in [-0.1, -0.05) is 0 Å². The standard InChI is InChI=1S/C16H17N3O3/c1-12(22-16(21)14-6-4-8-18-10-14)11-19(2)15(20)13-5-3-7-17-9-13/h3-10,12H,11H2,1-2H3. The highest BCUT2D eigenvalue weighted by atomic mass is 16.5. The third kappa shape index (κ3) is 4.12. The van der Waals surface area contributed by atoms with Crippen molar-refractivity contribution in [2.75, 3.05) is 13.6 Å². The molecule has 2 heterocycles. The van der Waals surface area contributed by atoms with Crippen LogP contribution in [0.15, 0.2) is 49.1 Å². The summed E-state index contributed by atoms with van der Waals surface area (Å²) < 4.78 is 5.30. The Morgan fingerprint density at radius 1 is 1.14 bits per heavy atom. The zero-order valence-corrected chi connectivity index (χ0v) is 12.5. The van der Waals surface area contributed by atoms with E-state index in [1.165, 1.54) is 17.3 Å². The Morgan fingerprint density at radius 3 is 2.27 bits per heavy atom. The van der Waals surface area contributed by atoms with Crippen LogP contribution in [0, 0.1) is 0 Å². The molecule has 0 aliphatic heterocycles. The van der Waals surface area contributed by atoms with Crippen molar-refractivity contribution in [1.29, 1.82) is 0 Å². The molecule has 0 radical (unpaired) electrons. The normalized spacial score (nSPS) is 11.5. The molecule has 0 aliphatic carbocycles. The predicted octanol–water partition coefficient (Wildman–Crippen LogP) is 1.79. The van der Waals surface area contributed by atoms with Crippen LogP contribution in [0.5, 0.6) is 0 Å². The van der Waals surface area contributed by atoms with E-state index in [9.17, 15) is 9.59 Å². The van der Waals surface area contributed by atoms with Crippen LogP contribution in [0.4, 0.5) is 0 Å². The van der Waals surface area contributed by atoms with Crippen LogP contribution in [0.3, 0.4) is 0 Å². The van der Waals surface area contributed by atoms with Gasteiger partial charge in [-0.25, -0.2) is 4.79 Å². The van der Waals surface area contributed by atoms with E-state index in [1.54, 1.807) is 50.6 Å². The summed E-state index contributed by atoms with van der Waals surface area (Å²) in [6.07, 6.45) is 5.71. The van der Waals surface area contributed by atoms with E-state index in [1.807, 2.05) is 0 Å². The van der Waals surface area contributed by atoms with Crippen molar-refractivity contribution in [1.82, 2.24) is 14.9 Å². The SMILES string of the molecule is CC(CN(C)C(=O)c1cccnc1)OC(=O)c1cccnc1. The Hall–Kier alpha value is -2.76. The van der Waals surface area contributed by atoms with Gasteiger partial charge in [0.1, 0.15) is 6.10 Å². The van der Waals surface area contributed by atoms with Gasteiger partial charge in [-0.15, -0.1) is 0 Å². The van der Waals surface area contributed by atoms with Crippen molar-refractivity contribution in [2.45, 2.75) is 13.0 Å². The summed E-state index contributed by atoms with van der Waals surface area (Å²) in [7, 11) is 1.66. The van der Waals surface area contributed by atoms with Gasteiger partial charge in [0.05, 0.1) is 17.7 Å². The average molecular weight is 299 g/mol. The number of aromatic nitrogens is 2. The smallest absolute Gasteiger partial charge is 0.340 e. The van der Waals surface area contributed by atoms with Crippen molar-refractivity contribution >= 4 is 11.9 Å². The zero-order chi connectivity index (χ0) is 15.9. The molecule has 0 spiro atoms. The van der Waals surface area contributed by atoms with E-state index >= 15 is 0 Å². The monoisotopic (exact) mass is 299 g/mol. The molecule has 0 saturated heterocycles. The minimum absolute atomic E-state index is 0.169. The highest BCUT2D eigenvalue weighted by Gasteiger charge is 2.18. The second kappa shape index (κ2) is 7.31. The Kier molecular flexibility index (Phi) is 5.19. The van der Waals surface area contributed by atoms with Crippen LogP contribution in [-0.4, -0.2) is 46.4 Å². The van der Waals surface area contributed by atoms with Crippen molar-refractivity contribution in [2.24, 2.45) is 0 Å². The Balaban J connectivity index is 1.90. The lowest BCUT2D eigenvalue weighted by Crippen LogP contribution is -2.35. The van der Waals surface area contributed by atoms with Crippen LogP contribution in [-0.2, 0) is 4.74 Å². The fraction of sp³-hybridized carbons (Fsp3) is 0.250. The molecule has 1 amide bonds. The van der Waals surface area contributed by atoms with Gasteiger partial charge >= 0.3 is 5.97 Å². The number of esters is 1. The first kappa shape index (κ1) is 15.6. The molecule has 0 aliphatic rings. The molecule has 6 nitrogen and oxygen atoms in total. The summed E-state index contributed by atoms with van der Waals surface area (Å²) in [5.74, 6) is -0.625. The zero-order valence-electron chi connectivity index (χ0n) is 12.5. The molecule has 2 aromatic heterocycles. The topological polar surface area (TPSA) is 72.4 Å². The maximum absolute atomic E-state index is 12.2. The number of nitrogens with zero attached hydrogens (tertiary/aromatic N) is 3. The van der Waals surface area contributed by atoms with Gasteiger partial charge in [0.25, 0.3) is 5.91 Å². The molecule has 0 saturated carbocycles. The largest absolute Gasteiger partial charge is 0.457 e. The maximum Gasteiger partial charge on any atom is 0.340 e. The summed E-state index contributed by atoms with van der Waals surface area (Å²) in [5, 5.41) is 0. The van der Waals surface area contributed by atoms with E-state index < -0.39 is 12.1 Å². The van der Waals surface area contributed by atoms with Crippen LogP contribution in [0.25, 0.3) is 0 Å². The van der Waals surface area contributed by atoms with Gasteiger partial charge in [0.15, 0.2) is 0 Å². The average Bonchev–Trinajstić information content (AvgIpc) is 2.55. The van der Waals surface area contributed by atoms with Gasteiger partial charge in [-0.2, -0.15) is 0 Å². The van der Waals surface area contributed by atoms with Crippen LogP contribution >= 0.6 is 0 Å². The molecular formula is C16H17N3O3. The first-order valence-corrected chi connectivity index (χ1v) is 6.84. The summed E-state index contributed by atoms with van der Waals surface area (Å²) in [5.41, 5.74) is 0.881. The molecule has 0 fully saturated rings.